The van der Waals surface area contributed by atoms with E-state index in [0.717, 1.165) is 22.0 Å². The largest absolute Gasteiger partial charge is 0.484 e. The van der Waals surface area contributed by atoms with Crippen molar-refractivity contribution in [3.8, 4) is 5.75 Å². The summed E-state index contributed by atoms with van der Waals surface area (Å²) in [5, 5.41) is 7.40. The summed E-state index contributed by atoms with van der Waals surface area (Å²) in [6.45, 7) is 7.39. The van der Waals surface area contributed by atoms with Gasteiger partial charge in [-0.1, -0.05) is 87.0 Å². The molecule has 0 fully saturated rings. The molecule has 0 aliphatic rings. The van der Waals surface area contributed by atoms with Crippen molar-refractivity contribution in [2.75, 3.05) is 11.9 Å². The molecule has 5 aromatic rings. The van der Waals surface area contributed by atoms with E-state index in [-0.39, 0.29) is 23.8 Å². The molecule has 7 heteroatoms. The standard InChI is InChI=1S/C35H34ClN3O3/c1-35(2,3)27-11-9-25(10-12-27)22-39-31-18-15-29(38-33(40)23-42-30-16-13-28(36)14-17-30)19-26(31)20-32(39)34(41)37-21-24-7-5-4-6-8-24/h4-20H,21-23H2,1-3H3,(H,37,41)(H,38,40). The van der Waals surface area contributed by atoms with Gasteiger partial charge >= 0.3 is 0 Å². The normalized spacial score (nSPS) is 11.3. The number of amides is 2. The van der Waals surface area contributed by atoms with Gasteiger partial charge in [0.25, 0.3) is 11.8 Å². The van der Waals surface area contributed by atoms with Crippen LogP contribution in [0.15, 0.2) is 103 Å². The molecule has 0 aliphatic heterocycles. The number of halogens is 1. The molecule has 2 amide bonds. The van der Waals surface area contributed by atoms with E-state index in [0.29, 0.717) is 35.2 Å². The number of ether oxygens (including phenoxy) is 1. The fourth-order valence-corrected chi connectivity index (χ4v) is 4.87. The van der Waals surface area contributed by atoms with E-state index in [1.54, 1.807) is 24.3 Å². The molecule has 0 saturated heterocycles. The summed E-state index contributed by atoms with van der Waals surface area (Å²) < 4.78 is 7.59. The van der Waals surface area contributed by atoms with E-state index in [1.165, 1.54) is 5.56 Å². The van der Waals surface area contributed by atoms with Crippen LogP contribution in [0.2, 0.25) is 5.02 Å². The van der Waals surface area contributed by atoms with Crippen LogP contribution in [0.5, 0.6) is 5.75 Å². The summed E-state index contributed by atoms with van der Waals surface area (Å²) in [4.78, 5) is 26.1. The first-order valence-electron chi connectivity index (χ1n) is 13.9. The third kappa shape index (κ3) is 7.20. The van der Waals surface area contributed by atoms with Crippen LogP contribution in [0, 0.1) is 0 Å². The van der Waals surface area contributed by atoms with Crippen LogP contribution in [-0.4, -0.2) is 23.0 Å². The van der Waals surface area contributed by atoms with E-state index >= 15 is 0 Å². The predicted molar refractivity (Wildman–Crippen MR) is 169 cm³/mol. The third-order valence-corrected chi connectivity index (χ3v) is 7.31. The number of anilines is 1. The molecule has 6 nitrogen and oxygen atoms in total. The Morgan fingerprint density at radius 3 is 2.24 bits per heavy atom. The maximum Gasteiger partial charge on any atom is 0.268 e. The summed E-state index contributed by atoms with van der Waals surface area (Å²) in [5.74, 6) is 0.107. The van der Waals surface area contributed by atoms with Crippen molar-refractivity contribution in [3.05, 3.63) is 131 Å². The van der Waals surface area contributed by atoms with E-state index in [1.807, 2.05) is 59.2 Å². The number of nitrogens with one attached hydrogen (secondary N) is 2. The number of nitrogens with zero attached hydrogens (tertiary/aromatic N) is 1. The smallest absolute Gasteiger partial charge is 0.268 e. The Hall–Kier alpha value is -4.55. The van der Waals surface area contributed by atoms with Crippen LogP contribution in [-0.2, 0) is 23.3 Å². The Morgan fingerprint density at radius 2 is 1.55 bits per heavy atom. The van der Waals surface area contributed by atoms with Crippen LogP contribution < -0.4 is 15.4 Å². The second-order valence-electron chi connectivity index (χ2n) is 11.3. The first-order chi connectivity index (χ1) is 20.2. The van der Waals surface area contributed by atoms with Crippen LogP contribution in [0.4, 0.5) is 5.69 Å². The van der Waals surface area contributed by atoms with Gasteiger partial charge in [-0.05, 0) is 70.6 Å². The molecular weight excluding hydrogens is 546 g/mol. The van der Waals surface area contributed by atoms with Gasteiger partial charge in [-0.2, -0.15) is 0 Å². The van der Waals surface area contributed by atoms with Crippen LogP contribution >= 0.6 is 11.6 Å². The van der Waals surface area contributed by atoms with Gasteiger partial charge < -0.3 is 19.9 Å². The minimum Gasteiger partial charge on any atom is -0.484 e. The highest BCUT2D eigenvalue weighted by Gasteiger charge is 2.18. The van der Waals surface area contributed by atoms with Crippen LogP contribution in [0.1, 0.15) is 48.0 Å². The lowest BCUT2D eigenvalue weighted by Gasteiger charge is -2.19. The van der Waals surface area contributed by atoms with E-state index < -0.39 is 0 Å². The molecule has 0 atom stereocenters. The summed E-state index contributed by atoms with van der Waals surface area (Å²) in [7, 11) is 0. The van der Waals surface area contributed by atoms with Gasteiger partial charge in [0.15, 0.2) is 6.61 Å². The highest BCUT2D eigenvalue weighted by Crippen LogP contribution is 2.27. The number of hydrogen-bond donors (Lipinski definition) is 2. The van der Waals surface area contributed by atoms with Crippen LogP contribution in [0.3, 0.4) is 0 Å². The van der Waals surface area contributed by atoms with Crippen molar-refractivity contribution in [1.82, 2.24) is 9.88 Å². The molecule has 0 aliphatic carbocycles. The fourth-order valence-electron chi connectivity index (χ4n) is 4.75. The molecule has 1 aromatic heterocycles. The third-order valence-electron chi connectivity index (χ3n) is 7.06. The lowest BCUT2D eigenvalue weighted by molar-refractivity contribution is -0.118. The van der Waals surface area contributed by atoms with Gasteiger partial charge in [-0.3, -0.25) is 9.59 Å². The van der Waals surface area contributed by atoms with Crippen molar-refractivity contribution in [2.24, 2.45) is 0 Å². The number of hydrogen-bond acceptors (Lipinski definition) is 3. The van der Waals surface area contributed by atoms with E-state index in [4.69, 9.17) is 16.3 Å². The highest BCUT2D eigenvalue weighted by molar-refractivity contribution is 6.30. The number of benzene rings is 4. The zero-order chi connectivity index (χ0) is 29.7. The molecule has 0 saturated carbocycles. The van der Waals surface area contributed by atoms with Gasteiger partial charge in [0.1, 0.15) is 11.4 Å². The van der Waals surface area contributed by atoms with Gasteiger partial charge in [-0.15, -0.1) is 0 Å². The van der Waals surface area contributed by atoms with Gasteiger partial charge in [0, 0.05) is 34.7 Å². The molecule has 2 N–H and O–H groups in total. The highest BCUT2D eigenvalue weighted by atomic mass is 35.5. The molecule has 0 radical (unpaired) electrons. The summed E-state index contributed by atoms with van der Waals surface area (Å²) >= 11 is 5.91. The Labute approximate surface area is 251 Å². The minimum atomic E-state index is -0.288. The van der Waals surface area contributed by atoms with E-state index in [9.17, 15) is 9.59 Å². The Bertz CT molecular complexity index is 1690. The average molecular weight is 580 g/mol. The number of aromatic nitrogens is 1. The van der Waals surface area contributed by atoms with Crippen molar-refractivity contribution in [2.45, 2.75) is 39.3 Å². The first kappa shape index (κ1) is 29.0. The quantitative estimate of drug-likeness (QED) is 0.189. The molecular formula is C35H34ClN3O3. The molecule has 0 unspecified atom stereocenters. The number of carbonyl (C=O) groups is 2. The lowest BCUT2D eigenvalue weighted by Crippen LogP contribution is -2.25. The predicted octanol–water partition coefficient (Wildman–Crippen LogP) is 7.59. The number of carbonyl (C=O) groups excluding carboxylic acids is 2. The molecule has 214 valence electrons. The van der Waals surface area contributed by atoms with E-state index in [2.05, 4.69) is 55.7 Å². The maximum absolute atomic E-state index is 13.5. The fraction of sp³-hybridized carbons (Fsp3) is 0.200. The summed E-state index contributed by atoms with van der Waals surface area (Å²) in [5.41, 5.74) is 5.50. The molecule has 0 bridgehead atoms. The Balaban J connectivity index is 1.38. The average Bonchev–Trinajstić information content (AvgIpc) is 3.33. The second kappa shape index (κ2) is 12.5. The van der Waals surface area contributed by atoms with Crippen molar-refractivity contribution < 1.29 is 14.3 Å². The molecule has 5 rings (SSSR count). The molecule has 42 heavy (non-hydrogen) atoms. The SMILES string of the molecule is CC(C)(C)c1ccc(Cn2c(C(=O)NCc3ccccc3)cc3cc(NC(=O)COc4ccc(Cl)cc4)ccc32)cc1. The zero-order valence-electron chi connectivity index (χ0n) is 24.0. The zero-order valence-corrected chi connectivity index (χ0v) is 24.7. The minimum absolute atomic E-state index is 0.0574. The van der Waals surface area contributed by atoms with Gasteiger partial charge in [-0.25, -0.2) is 0 Å². The Kier molecular flexibility index (Phi) is 8.64. The summed E-state index contributed by atoms with van der Waals surface area (Å²) in [6.07, 6.45) is 0. The molecule has 0 spiro atoms. The molecule has 4 aromatic carbocycles. The number of fused-ring (bicyclic) bond motifs is 1. The van der Waals surface area contributed by atoms with Crippen molar-refractivity contribution in [1.29, 1.82) is 0 Å². The van der Waals surface area contributed by atoms with Gasteiger partial charge in [0.05, 0.1) is 0 Å². The first-order valence-corrected chi connectivity index (χ1v) is 14.3. The molecule has 1 heterocycles. The number of rotatable bonds is 9. The Morgan fingerprint density at radius 1 is 0.833 bits per heavy atom. The van der Waals surface area contributed by atoms with Crippen molar-refractivity contribution in [3.63, 3.8) is 0 Å². The van der Waals surface area contributed by atoms with Crippen LogP contribution in [0.25, 0.3) is 10.9 Å². The second-order valence-corrected chi connectivity index (χ2v) is 11.7. The van der Waals surface area contributed by atoms with Crippen molar-refractivity contribution >= 4 is 40.0 Å². The van der Waals surface area contributed by atoms with Gasteiger partial charge in [0.2, 0.25) is 0 Å². The summed E-state index contributed by atoms with van der Waals surface area (Å²) in [6, 6.07) is 32.7. The monoisotopic (exact) mass is 579 g/mol. The topological polar surface area (TPSA) is 72.4 Å². The maximum atomic E-state index is 13.5. The lowest BCUT2D eigenvalue weighted by atomic mass is 9.87.